The zero-order chi connectivity index (χ0) is 20.2. The molecule has 3 heterocycles. The molecule has 1 fully saturated rings. The molecular formula is C21H23N5O3. The number of aromatic nitrogens is 4. The third-order valence-electron chi connectivity index (χ3n) is 4.76. The van der Waals surface area contributed by atoms with Gasteiger partial charge in [0.05, 0.1) is 30.5 Å². The molecule has 0 aliphatic carbocycles. The number of anilines is 1. The van der Waals surface area contributed by atoms with Crippen LogP contribution in [0, 0.1) is 12.3 Å². The third-order valence-corrected chi connectivity index (χ3v) is 4.76. The van der Waals surface area contributed by atoms with Gasteiger partial charge in [-0.3, -0.25) is 5.10 Å². The lowest BCUT2D eigenvalue weighted by Gasteiger charge is -2.35. The molecule has 0 radical (unpaired) electrons. The Hall–Kier alpha value is -3.15. The molecule has 29 heavy (non-hydrogen) atoms. The summed E-state index contributed by atoms with van der Waals surface area (Å²) < 4.78 is 16.5. The molecule has 0 saturated carbocycles. The molecule has 1 aliphatic rings. The molecule has 1 aliphatic heterocycles. The number of rotatable bonds is 6. The van der Waals surface area contributed by atoms with Gasteiger partial charge >= 0.3 is 0 Å². The van der Waals surface area contributed by atoms with Crippen molar-refractivity contribution in [3.8, 4) is 29.5 Å². The standard InChI is InChI=1S/C21H23N5O3/c1-4-15-12-26(11-14(2)29-15)20-10-19(22-13-23-20)21-17-9-16(28-8-7-27-3)5-6-18(17)24-25-21/h1,5-6,9-10,13-15H,7-8,11-12H2,2-3H3,(H,24,25)/t14-,15+/m0/s1. The monoisotopic (exact) mass is 393 g/mol. The molecule has 8 heteroatoms. The van der Waals surface area contributed by atoms with Crippen LogP contribution in [0.4, 0.5) is 5.82 Å². The van der Waals surface area contributed by atoms with Crippen molar-refractivity contribution in [1.82, 2.24) is 20.2 Å². The van der Waals surface area contributed by atoms with Crippen molar-refractivity contribution in [3.05, 3.63) is 30.6 Å². The summed E-state index contributed by atoms with van der Waals surface area (Å²) in [5.41, 5.74) is 2.38. The largest absolute Gasteiger partial charge is 0.491 e. The second-order valence-electron chi connectivity index (χ2n) is 6.89. The first-order valence-corrected chi connectivity index (χ1v) is 9.46. The van der Waals surface area contributed by atoms with Gasteiger partial charge in [-0.15, -0.1) is 6.42 Å². The first-order valence-electron chi connectivity index (χ1n) is 9.46. The van der Waals surface area contributed by atoms with Crippen molar-refractivity contribution in [2.75, 3.05) is 38.3 Å². The molecular weight excluding hydrogens is 370 g/mol. The Bertz CT molecular complexity index is 1030. The lowest BCUT2D eigenvalue weighted by atomic mass is 10.1. The van der Waals surface area contributed by atoms with E-state index in [4.69, 9.17) is 20.6 Å². The van der Waals surface area contributed by atoms with E-state index < -0.39 is 0 Å². The average molecular weight is 393 g/mol. The van der Waals surface area contributed by atoms with Gasteiger partial charge in [0.1, 0.15) is 36.3 Å². The average Bonchev–Trinajstić information content (AvgIpc) is 3.17. The number of H-pyrrole nitrogens is 1. The molecule has 2 aromatic heterocycles. The number of fused-ring (bicyclic) bond motifs is 1. The summed E-state index contributed by atoms with van der Waals surface area (Å²) in [6, 6.07) is 7.73. The Labute approximate surface area is 169 Å². The van der Waals surface area contributed by atoms with Crippen LogP contribution >= 0.6 is 0 Å². The number of benzene rings is 1. The van der Waals surface area contributed by atoms with E-state index in [1.165, 1.54) is 0 Å². The second-order valence-corrected chi connectivity index (χ2v) is 6.89. The topological polar surface area (TPSA) is 85.4 Å². The van der Waals surface area contributed by atoms with Crippen molar-refractivity contribution >= 4 is 16.7 Å². The van der Waals surface area contributed by atoms with Gasteiger partial charge in [0.2, 0.25) is 0 Å². The lowest BCUT2D eigenvalue weighted by Crippen LogP contribution is -2.46. The van der Waals surface area contributed by atoms with E-state index in [-0.39, 0.29) is 12.2 Å². The molecule has 1 N–H and O–H groups in total. The van der Waals surface area contributed by atoms with Gasteiger partial charge in [0, 0.05) is 25.1 Å². The van der Waals surface area contributed by atoms with E-state index in [2.05, 4.69) is 31.0 Å². The molecule has 0 amide bonds. The summed E-state index contributed by atoms with van der Waals surface area (Å²) in [5, 5.41) is 8.45. The first kappa shape index (κ1) is 19.2. The van der Waals surface area contributed by atoms with E-state index in [0.717, 1.165) is 33.9 Å². The summed E-state index contributed by atoms with van der Waals surface area (Å²) in [5.74, 6) is 4.24. The zero-order valence-electron chi connectivity index (χ0n) is 16.5. The van der Waals surface area contributed by atoms with E-state index in [9.17, 15) is 0 Å². The van der Waals surface area contributed by atoms with Crippen LogP contribution in [0.3, 0.4) is 0 Å². The summed E-state index contributed by atoms with van der Waals surface area (Å²) >= 11 is 0. The predicted molar refractivity (Wildman–Crippen MR) is 110 cm³/mol. The smallest absolute Gasteiger partial charge is 0.135 e. The van der Waals surface area contributed by atoms with Gasteiger partial charge in [0.15, 0.2) is 0 Å². The van der Waals surface area contributed by atoms with E-state index in [1.54, 1.807) is 13.4 Å². The number of methoxy groups -OCH3 is 1. The first-order chi connectivity index (χ1) is 14.2. The molecule has 1 aromatic carbocycles. The van der Waals surface area contributed by atoms with Crippen LogP contribution in [0.1, 0.15) is 6.92 Å². The molecule has 2 atom stereocenters. The Morgan fingerprint density at radius 3 is 3.00 bits per heavy atom. The zero-order valence-corrected chi connectivity index (χ0v) is 16.5. The molecule has 150 valence electrons. The fraction of sp³-hybridized carbons (Fsp3) is 0.381. The molecule has 4 rings (SSSR count). The molecule has 0 spiro atoms. The fourth-order valence-corrected chi connectivity index (χ4v) is 3.40. The number of terminal acetylenes is 1. The predicted octanol–water partition coefficient (Wildman–Crippen LogP) is 2.27. The van der Waals surface area contributed by atoms with Crippen molar-refractivity contribution < 1.29 is 14.2 Å². The van der Waals surface area contributed by atoms with Gasteiger partial charge in [-0.2, -0.15) is 5.10 Å². The maximum Gasteiger partial charge on any atom is 0.135 e. The lowest BCUT2D eigenvalue weighted by molar-refractivity contribution is 0.0151. The van der Waals surface area contributed by atoms with Gasteiger partial charge in [-0.05, 0) is 25.1 Å². The Morgan fingerprint density at radius 1 is 1.28 bits per heavy atom. The van der Waals surface area contributed by atoms with Gasteiger partial charge < -0.3 is 19.1 Å². The van der Waals surface area contributed by atoms with Crippen LogP contribution in [0.15, 0.2) is 30.6 Å². The maximum absolute atomic E-state index is 5.74. The van der Waals surface area contributed by atoms with Crippen molar-refractivity contribution in [2.45, 2.75) is 19.1 Å². The second kappa shape index (κ2) is 8.47. The minimum Gasteiger partial charge on any atom is -0.491 e. The van der Waals surface area contributed by atoms with E-state index in [1.807, 2.05) is 31.2 Å². The van der Waals surface area contributed by atoms with Gasteiger partial charge in [-0.25, -0.2) is 9.97 Å². The number of nitrogens with one attached hydrogen (secondary N) is 1. The number of hydrogen-bond donors (Lipinski definition) is 1. The number of aromatic amines is 1. The summed E-state index contributed by atoms with van der Waals surface area (Å²) in [7, 11) is 1.65. The van der Waals surface area contributed by atoms with Crippen LogP contribution in [0.2, 0.25) is 0 Å². The number of hydrogen-bond acceptors (Lipinski definition) is 7. The van der Waals surface area contributed by atoms with E-state index >= 15 is 0 Å². The third kappa shape index (κ3) is 4.16. The minimum atomic E-state index is -0.254. The number of ether oxygens (including phenoxy) is 3. The molecule has 0 unspecified atom stereocenters. The van der Waals surface area contributed by atoms with Crippen LogP contribution in [0.25, 0.3) is 22.3 Å². The molecule has 0 bridgehead atoms. The quantitative estimate of drug-likeness (QED) is 0.508. The summed E-state index contributed by atoms with van der Waals surface area (Å²) in [6.07, 6.45) is 6.89. The summed E-state index contributed by atoms with van der Waals surface area (Å²) in [4.78, 5) is 11.0. The Kier molecular flexibility index (Phi) is 5.60. The highest BCUT2D eigenvalue weighted by Crippen LogP contribution is 2.30. The highest BCUT2D eigenvalue weighted by Gasteiger charge is 2.25. The van der Waals surface area contributed by atoms with Crippen LogP contribution in [0.5, 0.6) is 5.75 Å². The number of morpholine rings is 1. The Balaban J connectivity index is 1.63. The van der Waals surface area contributed by atoms with Crippen molar-refractivity contribution in [1.29, 1.82) is 0 Å². The van der Waals surface area contributed by atoms with Gasteiger partial charge in [-0.1, -0.05) is 5.92 Å². The van der Waals surface area contributed by atoms with Crippen LogP contribution in [-0.2, 0) is 9.47 Å². The Morgan fingerprint density at radius 2 is 2.17 bits per heavy atom. The van der Waals surface area contributed by atoms with Gasteiger partial charge in [0.25, 0.3) is 0 Å². The normalized spacial score (nSPS) is 19.3. The SMILES string of the molecule is C#C[C@@H]1CN(c2cc(-c3n[nH]c4ccc(OCCOC)cc34)ncn2)C[C@H](C)O1. The summed E-state index contributed by atoms with van der Waals surface area (Å²) in [6.45, 7) is 4.33. The highest BCUT2D eigenvalue weighted by molar-refractivity contribution is 5.93. The molecule has 1 saturated heterocycles. The molecule has 3 aromatic rings. The number of nitrogens with zero attached hydrogens (tertiary/aromatic N) is 4. The van der Waals surface area contributed by atoms with Crippen LogP contribution < -0.4 is 9.64 Å². The molecule has 8 nitrogen and oxygen atoms in total. The highest BCUT2D eigenvalue weighted by atomic mass is 16.5. The fourth-order valence-electron chi connectivity index (χ4n) is 3.40. The van der Waals surface area contributed by atoms with E-state index in [0.29, 0.717) is 26.3 Å². The minimum absolute atomic E-state index is 0.0289. The van der Waals surface area contributed by atoms with Crippen LogP contribution in [-0.4, -0.2) is 65.8 Å². The van der Waals surface area contributed by atoms with Crippen molar-refractivity contribution in [3.63, 3.8) is 0 Å². The maximum atomic E-state index is 5.74. The van der Waals surface area contributed by atoms with Crippen molar-refractivity contribution in [2.24, 2.45) is 0 Å².